The second-order valence-corrected chi connectivity index (χ2v) is 3.87. The number of aliphatic carboxylic acids is 1. The van der Waals surface area contributed by atoms with Crippen LogP contribution in [0.5, 0.6) is 0 Å². The molecular weight excluding hydrogens is 204 g/mol. The molecular formula is C13H12O3. The van der Waals surface area contributed by atoms with E-state index in [-0.39, 0.29) is 5.78 Å². The van der Waals surface area contributed by atoms with Crippen LogP contribution in [0.2, 0.25) is 0 Å². The van der Waals surface area contributed by atoms with Crippen LogP contribution in [0.15, 0.2) is 30.4 Å². The van der Waals surface area contributed by atoms with Gasteiger partial charge in [0.05, 0.1) is 0 Å². The molecule has 0 aromatic heterocycles. The summed E-state index contributed by atoms with van der Waals surface area (Å²) >= 11 is 0. The summed E-state index contributed by atoms with van der Waals surface area (Å²) < 4.78 is 0. The maximum absolute atomic E-state index is 11.6. The zero-order chi connectivity index (χ0) is 11.5. The third-order valence-electron chi connectivity index (χ3n) is 2.76. The van der Waals surface area contributed by atoms with Crippen molar-refractivity contribution >= 4 is 11.8 Å². The third kappa shape index (κ3) is 2.19. The Bertz CT molecular complexity index is 472. The fraction of sp³-hybridized carbons (Fsp3) is 0.231. The standard InChI is InChI=1S/C13H12O3/c14-12(6-7-13(15)16)11-5-4-9-2-1-3-10(9)8-11/h4-8H,1-3H2,(H,15,16)/b7-6+. The van der Waals surface area contributed by atoms with Crippen LogP contribution in [-0.4, -0.2) is 16.9 Å². The van der Waals surface area contributed by atoms with Crippen LogP contribution < -0.4 is 0 Å². The zero-order valence-electron chi connectivity index (χ0n) is 8.77. The number of carboxylic acid groups (broad SMARTS) is 1. The fourth-order valence-corrected chi connectivity index (χ4v) is 1.97. The fourth-order valence-electron chi connectivity index (χ4n) is 1.97. The van der Waals surface area contributed by atoms with Gasteiger partial charge in [0.1, 0.15) is 0 Å². The molecule has 0 unspecified atom stereocenters. The highest BCUT2D eigenvalue weighted by molar-refractivity contribution is 6.06. The van der Waals surface area contributed by atoms with Crippen LogP contribution in [0.25, 0.3) is 0 Å². The van der Waals surface area contributed by atoms with Crippen LogP contribution in [0.1, 0.15) is 27.9 Å². The Hall–Kier alpha value is -1.90. The number of carboxylic acids is 1. The van der Waals surface area contributed by atoms with Crippen molar-refractivity contribution in [1.29, 1.82) is 0 Å². The van der Waals surface area contributed by atoms with E-state index < -0.39 is 5.97 Å². The van der Waals surface area contributed by atoms with Crippen molar-refractivity contribution in [2.75, 3.05) is 0 Å². The quantitative estimate of drug-likeness (QED) is 0.621. The van der Waals surface area contributed by atoms with Gasteiger partial charge in [-0.1, -0.05) is 12.1 Å². The summed E-state index contributed by atoms with van der Waals surface area (Å²) in [4.78, 5) is 21.9. The number of allylic oxidation sites excluding steroid dienone is 1. The lowest BCUT2D eigenvalue weighted by molar-refractivity contribution is -0.131. The van der Waals surface area contributed by atoms with E-state index in [0.29, 0.717) is 5.56 Å². The minimum atomic E-state index is -1.10. The van der Waals surface area contributed by atoms with Crippen molar-refractivity contribution < 1.29 is 14.7 Å². The second-order valence-electron chi connectivity index (χ2n) is 3.87. The number of ketones is 1. The summed E-state index contributed by atoms with van der Waals surface area (Å²) in [5, 5.41) is 8.43. The summed E-state index contributed by atoms with van der Waals surface area (Å²) in [7, 11) is 0. The molecule has 0 amide bonds. The Morgan fingerprint density at radius 3 is 2.62 bits per heavy atom. The second kappa shape index (κ2) is 4.31. The zero-order valence-corrected chi connectivity index (χ0v) is 8.77. The molecule has 0 radical (unpaired) electrons. The van der Waals surface area contributed by atoms with E-state index in [1.165, 1.54) is 11.1 Å². The maximum Gasteiger partial charge on any atom is 0.328 e. The van der Waals surface area contributed by atoms with Crippen LogP contribution in [0.3, 0.4) is 0 Å². The van der Waals surface area contributed by atoms with E-state index in [4.69, 9.17) is 5.11 Å². The van der Waals surface area contributed by atoms with Gasteiger partial charge >= 0.3 is 5.97 Å². The highest BCUT2D eigenvalue weighted by Crippen LogP contribution is 2.23. The van der Waals surface area contributed by atoms with E-state index in [1.54, 1.807) is 6.07 Å². The monoisotopic (exact) mass is 216 g/mol. The van der Waals surface area contributed by atoms with Gasteiger partial charge in [0.25, 0.3) is 0 Å². The van der Waals surface area contributed by atoms with E-state index in [1.807, 2.05) is 12.1 Å². The van der Waals surface area contributed by atoms with Crippen LogP contribution in [0, 0.1) is 0 Å². The summed E-state index contributed by atoms with van der Waals surface area (Å²) in [6.45, 7) is 0. The van der Waals surface area contributed by atoms with Crippen molar-refractivity contribution in [1.82, 2.24) is 0 Å². The van der Waals surface area contributed by atoms with E-state index in [0.717, 1.165) is 31.4 Å². The molecule has 1 aromatic rings. The molecule has 1 aliphatic rings. The van der Waals surface area contributed by atoms with Gasteiger partial charge in [-0.3, -0.25) is 4.79 Å². The first-order chi connectivity index (χ1) is 7.66. The summed E-state index contributed by atoms with van der Waals surface area (Å²) in [6, 6.07) is 5.60. The van der Waals surface area contributed by atoms with Crippen molar-refractivity contribution in [3.05, 3.63) is 47.0 Å². The Kier molecular flexibility index (Phi) is 2.86. The lowest BCUT2D eigenvalue weighted by atomic mass is 10.0. The molecule has 0 aliphatic heterocycles. The molecule has 0 spiro atoms. The molecule has 0 fully saturated rings. The molecule has 1 N–H and O–H groups in total. The molecule has 82 valence electrons. The van der Waals surface area contributed by atoms with Gasteiger partial charge in [-0.25, -0.2) is 4.79 Å². The van der Waals surface area contributed by atoms with Crippen molar-refractivity contribution in [2.24, 2.45) is 0 Å². The third-order valence-corrected chi connectivity index (χ3v) is 2.76. The molecule has 3 heteroatoms. The smallest absolute Gasteiger partial charge is 0.328 e. The van der Waals surface area contributed by atoms with E-state index >= 15 is 0 Å². The highest BCUT2D eigenvalue weighted by atomic mass is 16.4. The van der Waals surface area contributed by atoms with Crippen molar-refractivity contribution in [3.63, 3.8) is 0 Å². The number of rotatable bonds is 3. The number of hydrogen-bond acceptors (Lipinski definition) is 2. The minimum absolute atomic E-state index is 0.253. The average Bonchev–Trinajstić information content (AvgIpc) is 2.72. The first kappa shape index (κ1) is 10.6. The van der Waals surface area contributed by atoms with Gasteiger partial charge in [-0.15, -0.1) is 0 Å². The molecule has 16 heavy (non-hydrogen) atoms. The number of carbonyl (C=O) groups is 2. The Labute approximate surface area is 93.4 Å². The topological polar surface area (TPSA) is 54.4 Å². The molecule has 1 aliphatic carbocycles. The molecule has 0 atom stereocenters. The molecule has 0 bridgehead atoms. The van der Waals surface area contributed by atoms with Gasteiger partial charge in [0, 0.05) is 11.6 Å². The van der Waals surface area contributed by atoms with E-state index in [2.05, 4.69) is 0 Å². The molecule has 1 aromatic carbocycles. The van der Waals surface area contributed by atoms with Crippen molar-refractivity contribution in [2.45, 2.75) is 19.3 Å². The lowest BCUT2D eigenvalue weighted by Gasteiger charge is -2.01. The van der Waals surface area contributed by atoms with Gasteiger partial charge in [-0.2, -0.15) is 0 Å². The number of carbonyl (C=O) groups excluding carboxylic acids is 1. The predicted molar refractivity (Wildman–Crippen MR) is 59.6 cm³/mol. The van der Waals surface area contributed by atoms with Gasteiger partial charge in [0.15, 0.2) is 5.78 Å². The molecule has 2 rings (SSSR count). The molecule has 0 saturated heterocycles. The predicted octanol–water partition coefficient (Wildman–Crippen LogP) is 2.00. The van der Waals surface area contributed by atoms with Crippen molar-refractivity contribution in [3.8, 4) is 0 Å². The highest BCUT2D eigenvalue weighted by Gasteiger charge is 2.12. The minimum Gasteiger partial charge on any atom is -0.478 e. The number of hydrogen-bond donors (Lipinski definition) is 1. The first-order valence-electron chi connectivity index (χ1n) is 5.24. The lowest BCUT2D eigenvalue weighted by Crippen LogP contribution is -1.98. The van der Waals surface area contributed by atoms with Crippen LogP contribution in [-0.2, 0) is 17.6 Å². The van der Waals surface area contributed by atoms with Gasteiger partial charge in [-0.05, 0) is 42.5 Å². The number of aryl methyl sites for hydroxylation is 2. The maximum atomic E-state index is 11.6. The Morgan fingerprint density at radius 2 is 1.88 bits per heavy atom. The van der Waals surface area contributed by atoms with Gasteiger partial charge in [0.2, 0.25) is 0 Å². The Balaban J connectivity index is 2.21. The van der Waals surface area contributed by atoms with E-state index in [9.17, 15) is 9.59 Å². The SMILES string of the molecule is O=C(O)/C=C/C(=O)c1ccc2c(c1)CCC2. The summed E-state index contributed by atoms with van der Waals surface area (Å²) in [5.41, 5.74) is 3.09. The Morgan fingerprint density at radius 1 is 1.12 bits per heavy atom. The summed E-state index contributed by atoms with van der Waals surface area (Å²) in [5.74, 6) is -1.35. The average molecular weight is 216 g/mol. The molecule has 3 nitrogen and oxygen atoms in total. The molecule has 0 saturated carbocycles. The normalized spacial score (nSPS) is 14.0. The van der Waals surface area contributed by atoms with Gasteiger partial charge < -0.3 is 5.11 Å². The number of benzene rings is 1. The number of fused-ring (bicyclic) bond motifs is 1. The largest absolute Gasteiger partial charge is 0.478 e. The van der Waals surface area contributed by atoms with Crippen LogP contribution >= 0.6 is 0 Å². The summed E-state index contributed by atoms with van der Waals surface area (Å²) in [6.07, 6.45) is 5.19. The molecule has 0 heterocycles. The van der Waals surface area contributed by atoms with Crippen LogP contribution in [0.4, 0.5) is 0 Å². The first-order valence-corrected chi connectivity index (χ1v) is 5.24.